The fourth-order valence-electron chi connectivity index (χ4n) is 5.06. The molecule has 0 radical (unpaired) electrons. The van der Waals surface area contributed by atoms with Gasteiger partial charge in [0, 0.05) is 63.8 Å². The molecule has 7 nitrogen and oxygen atoms in total. The summed E-state index contributed by atoms with van der Waals surface area (Å²) < 4.78 is 15.1. The molecule has 0 bridgehead atoms. The van der Waals surface area contributed by atoms with Crippen LogP contribution in [0.5, 0.6) is 0 Å². The van der Waals surface area contributed by atoms with E-state index >= 15 is 0 Å². The Hall–Kier alpha value is -3.26. The second-order valence-electron chi connectivity index (χ2n) is 9.06. The Morgan fingerprint density at radius 3 is 2.53 bits per heavy atom. The van der Waals surface area contributed by atoms with E-state index in [9.17, 15) is 9.18 Å². The second kappa shape index (κ2) is 9.93. The highest BCUT2D eigenvalue weighted by Gasteiger charge is 2.29. The summed E-state index contributed by atoms with van der Waals surface area (Å²) in [6.07, 6.45) is 5.87. The molecule has 2 aromatic heterocycles. The SMILES string of the molecule is Cn1nc2c(c1N(CCN1CCN(c3ccc(F)cc3)CC1)C(=O)c1ccccn1)CCCC2. The number of fused-ring (bicyclic) bond motifs is 1. The van der Waals surface area contributed by atoms with Crippen LogP contribution in [-0.4, -0.2) is 64.8 Å². The van der Waals surface area contributed by atoms with E-state index in [4.69, 9.17) is 5.10 Å². The molecular formula is C26H31FN6O. The number of hydrogen-bond acceptors (Lipinski definition) is 5. The highest BCUT2D eigenvalue weighted by atomic mass is 19.1. The Bertz CT molecular complexity index is 1120. The number of rotatable bonds is 6. The number of aryl methyl sites for hydroxylation is 2. The molecule has 34 heavy (non-hydrogen) atoms. The first-order valence-electron chi connectivity index (χ1n) is 12.1. The third-order valence-electron chi connectivity index (χ3n) is 6.87. The van der Waals surface area contributed by atoms with Crippen LogP contribution in [0.4, 0.5) is 15.9 Å². The monoisotopic (exact) mass is 462 g/mol. The van der Waals surface area contributed by atoms with E-state index in [1.54, 1.807) is 12.3 Å². The van der Waals surface area contributed by atoms with E-state index in [1.165, 1.54) is 17.7 Å². The van der Waals surface area contributed by atoms with Crippen LogP contribution < -0.4 is 9.80 Å². The van der Waals surface area contributed by atoms with Gasteiger partial charge in [-0.05, 0) is 62.1 Å². The Labute approximate surface area is 199 Å². The van der Waals surface area contributed by atoms with Gasteiger partial charge in [-0.15, -0.1) is 0 Å². The molecule has 0 unspecified atom stereocenters. The molecule has 1 fully saturated rings. The van der Waals surface area contributed by atoms with Gasteiger partial charge in [0.15, 0.2) is 0 Å². The molecule has 2 aliphatic rings. The summed E-state index contributed by atoms with van der Waals surface area (Å²) in [5, 5.41) is 4.75. The number of carbonyl (C=O) groups excluding carboxylic acids is 1. The highest BCUT2D eigenvalue weighted by molar-refractivity contribution is 6.04. The van der Waals surface area contributed by atoms with Gasteiger partial charge in [0.1, 0.15) is 17.3 Å². The van der Waals surface area contributed by atoms with Crippen LogP contribution >= 0.6 is 0 Å². The van der Waals surface area contributed by atoms with E-state index in [-0.39, 0.29) is 11.7 Å². The van der Waals surface area contributed by atoms with Crippen LogP contribution in [-0.2, 0) is 19.9 Å². The maximum Gasteiger partial charge on any atom is 0.278 e. The number of pyridine rings is 1. The van der Waals surface area contributed by atoms with E-state index < -0.39 is 0 Å². The van der Waals surface area contributed by atoms with Gasteiger partial charge in [0.05, 0.1) is 5.69 Å². The molecule has 5 rings (SSSR count). The summed E-state index contributed by atoms with van der Waals surface area (Å²) in [5.41, 5.74) is 3.83. The summed E-state index contributed by atoms with van der Waals surface area (Å²) in [6.45, 7) is 4.90. The maximum atomic E-state index is 13.6. The minimum absolute atomic E-state index is 0.0816. The summed E-state index contributed by atoms with van der Waals surface area (Å²) in [5.74, 6) is 0.620. The first-order valence-corrected chi connectivity index (χ1v) is 12.1. The summed E-state index contributed by atoms with van der Waals surface area (Å²) in [4.78, 5) is 24.5. The zero-order valence-corrected chi connectivity index (χ0v) is 19.7. The van der Waals surface area contributed by atoms with Crippen molar-refractivity contribution in [1.82, 2.24) is 19.7 Å². The minimum Gasteiger partial charge on any atom is -0.369 e. The van der Waals surface area contributed by atoms with Crippen LogP contribution in [0.1, 0.15) is 34.6 Å². The Morgan fingerprint density at radius 1 is 1.03 bits per heavy atom. The van der Waals surface area contributed by atoms with Gasteiger partial charge in [0.25, 0.3) is 5.91 Å². The van der Waals surface area contributed by atoms with Gasteiger partial charge < -0.3 is 4.90 Å². The van der Waals surface area contributed by atoms with Crippen molar-refractivity contribution in [1.29, 1.82) is 0 Å². The van der Waals surface area contributed by atoms with Crippen LogP contribution in [0.25, 0.3) is 0 Å². The smallest absolute Gasteiger partial charge is 0.278 e. The summed E-state index contributed by atoms with van der Waals surface area (Å²) in [6, 6.07) is 12.2. The molecule has 8 heteroatoms. The van der Waals surface area contributed by atoms with Gasteiger partial charge in [0.2, 0.25) is 0 Å². The van der Waals surface area contributed by atoms with E-state index in [1.807, 2.05) is 40.9 Å². The zero-order valence-electron chi connectivity index (χ0n) is 19.7. The highest BCUT2D eigenvalue weighted by Crippen LogP contribution is 2.31. The van der Waals surface area contributed by atoms with Crippen molar-refractivity contribution in [2.75, 3.05) is 49.1 Å². The van der Waals surface area contributed by atoms with Crippen molar-refractivity contribution < 1.29 is 9.18 Å². The van der Waals surface area contributed by atoms with Gasteiger partial charge in [-0.1, -0.05) is 6.07 Å². The largest absolute Gasteiger partial charge is 0.369 e. The van der Waals surface area contributed by atoms with Crippen molar-refractivity contribution in [3.63, 3.8) is 0 Å². The number of aromatic nitrogens is 3. The number of piperazine rings is 1. The number of carbonyl (C=O) groups is 1. The van der Waals surface area contributed by atoms with E-state index in [2.05, 4.69) is 14.8 Å². The van der Waals surface area contributed by atoms with Gasteiger partial charge in [-0.25, -0.2) is 4.39 Å². The Kier molecular flexibility index (Phi) is 6.58. The number of amides is 1. The third-order valence-corrected chi connectivity index (χ3v) is 6.87. The van der Waals surface area contributed by atoms with E-state index in [0.29, 0.717) is 12.2 Å². The normalized spacial score (nSPS) is 16.4. The maximum absolute atomic E-state index is 13.6. The van der Waals surface area contributed by atoms with Crippen molar-refractivity contribution in [2.24, 2.45) is 7.05 Å². The molecule has 1 saturated heterocycles. The molecule has 0 atom stereocenters. The number of halogens is 1. The number of hydrogen-bond donors (Lipinski definition) is 0. The average Bonchev–Trinajstić information content (AvgIpc) is 3.21. The molecule has 178 valence electrons. The molecule has 3 heterocycles. The molecule has 1 aliphatic carbocycles. The molecule has 1 amide bonds. The minimum atomic E-state index is -0.211. The lowest BCUT2D eigenvalue weighted by molar-refractivity contribution is 0.0976. The molecule has 1 aromatic carbocycles. The van der Waals surface area contributed by atoms with Crippen LogP contribution in [0.2, 0.25) is 0 Å². The fraction of sp³-hybridized carbons (Fsp3) is 0.423. The van der Waals surface area contributed by atoms with Crippen molar-refractivity contribution in [2.45, 2.75) is 25.7 Å². The third kappa shape index (κ3) is 4.68. The van der Waals surface area contributed by atoms with Gasteiger partial charge >= 0.3 is 0 Å². The molecule has 0 saturated carbocycles. The predicted octanol–water partition coefficient (Wildman–Crippen LogP) is 3.30. The molecule has 1 aliphatic heterocycles. The Balaban J connectivity index is 1.31. The quantitative estimate of drug-likeness (QED) is 0.563. The zero-order chi connectivity index (χ0) is 23.5. The lowest BCUT2D eigenvalue weighted by Gasteiger charge is -2.37. The number of nitrogens with zero attached hydrogens (tertiary/aromatic N) is 6. The first-order chi connectivity index (χ1) is 16.6. The standard InChI is InChI=1S/C26H31FN6O/c1-30-25(22-6-2-3-7-23(22)29-30)33(26(34)24-8-4-5-13-28-24)19-16-31-14-17-32(18-15-31)21-11-9-20(27)10-12-21/h4-5,8-13H,2-3,6-7,14-19H2,1H3. The fourth-order valence-corrected chi connectivity index (χ4v) is 5.06. The lowest BCUT2D eigenvalue weighted by Crippen LogP contribution is -2.49. The second-order valence-corrected chi connectivity index (χ2v) is 9.06. The van der Waals surface area contributed by atoms with E-state index in [0.717, 1.165) is 75.6 Å². The lowest BCUT2D eigenvalue weighted by atomic mass is 9.97. The first kappa shape index (κ1) is 22.5. The Morgan fingerprint density at radius 2 is 1.79 bits per heavy atom. The number of benzene rings is 1. The summed E-state index contributed by atoms with van der Waals surface area (Å²) in [7, 11) is 1.94. The van der Waals surface area contributed by atoms with Crippen LogP contribution in [0, 0.1) is 5.82 Å². The molecular weight excluding hydrogens is 431 g/mol. The molecule has 0 spiro atoms. The van der Waals surface area contributed by atoms with Crippen LogP contribution in [0.3, 0.4) is 0 Å². The van der Waals surface area contributed by atoms with Crippen molar-refractivity contribution in [3.8, 4) is 0 Å². The summed E-state index contributed by atoms with van der Waals surface area (Å²) >= 11 is 0. The predicted molar refractivity (Wildman–Crippen MR) is 131 cm³/mol. The van der Waals surface area contributed by atoms with Crippen LogP contribution in [0.15, 0.2) is 48.7 Å². The van der Waals surface area contributed by atoms with Crippen molar-refractivity contribution in [3.05, 3.63) is 71.4 Å². The topological polar surface area (TPSA) is 57.5 Å². The van der Waals surface area contributed by atoms with Crippen molar-refractivity contribution >= 4 is 17.4 Å². The van der Waals surface area contributed by atoms with Gasteiger partial charge in [-0.3, -0.25) is 24.3 Å². The van der Waals surface area contributed by atoms with Gasteiger partial charge in [-0.2, -0.15) is 5.10 Å². The average molecular weight is 463 g/mol. The molecule has 0 N–H and O–H groups in total. The number of anilines is 2. The molecule has 3 aromatic rings.